The quantitative estimate of drug-likeness (QED) is 0.694. The predicted octanol–water partition coefficient (Wildman–Crippen LogP) is 2.30. The van der Waals surface area contributed by atoms with Gasteiger partial charge in [-0.2, -0.15) is 0 Å². The number of rotatable bonds is 5. The minimum absolute atomic E-state index is 0.0639. The van der Waals surface area contributed by atoms with Crippen LogP contribution < -0.4 is 0 Å². The van der Waals surface area contributed by atoms with E-state index in [0.717, 1.165) is 37.6 Å². The van der Waals surface area contributed by atoms with Crippen molar-refractivity contribution < 1.29 is 9.32 Å². The molecule has 0 N–H and O–H groups in total. The normalized spacial score (nSPS) is 15.2. The summed E-state index contributed by atoms with van der Waals surface area (Å²) < 4.78 is 7.51. The van der Waals surface area contributed by atoms with Crippen molar-refractivity contribution in [3.05, 3.63) is 60.3 Å². The number of benzene rings is 1. The molecule has 3 heterocycles. The van der Waals surface area contributed by atoms with Gasteiger partial charge in [-0.05, 0) is 6.92 Å². The maximum Gasteiger partial charge on any atom is 0.276 e. The van der Waals surface area contributed by atoms with Crippen LogP contribution in [-0.4, -0.2) is 63.1 Å². The van der Waals surface area contributed by atoms with E-state index in [4.69, 9.17) is 4.52 Å². The summed E-state index contributed by atoms with van der Waals surface area (Å²) in [6, 6.07) is 11.4. The summed E-state index contributed by atoms with van der Waals surface area (Å²) in [6.45, 7) is 7.03. The highest BCUT2D eigenvalue weighted by atomic mass is 16.5. The fraction of sp³-hybridized carbons (Fsp3) is 0.350. The van der Waals surface area contributed by atoms with Gasteiger partial charge in [-0.25, -0.2) is 4.98 Å². The standard InChI is InChI=1S/C20H23N5O2/c1-16-21-7-8-24(16)12-9-23-10-13-25(14-11-23)20(26)18-15-19(27-22-18)17-5-3-2-4-6-17/h2-8,15H,9-14H2,1H3. The van der Waals surface area contributed by atoms with Gasteiger partial charge < -0.3 is 14.0 Å². The van der Waals surface area contributed by atoms with Crippen LogP contribution in [0, 0.1) is 6.92 Å². The second-order valence-electron chi connectivity index (χ2n) is 6.74. The smallest absolute Gasteiger partial charge is 0.276 e. The number of aromatic nitrogens is 3. The number of hydrogen-bond donors (Lipinski definition) is 0. The second-order valence-corrected chi connectivity index (χ2v) is 6.74. The number of amides is 1. The largest absolute Gasteiger partial charge is 0.355 e. The van der Waals surface area contributed by atoms with Crippen molar-refractivity contribution >= 4 is 5.91 Å². The summed E-state index contributed by atoms with van der Waals surface area (Å²) in [6.07, 6.45) is 3.83. The highest BCUT2D eigenvalue weighted by Gasteiger charge is 2.24. The fourth-order valence-corrected chi connectivity index (χ4v) is 3.34. The minimum atomic E-state index is -0.0639. The molecule has 0 bridgehead atoms. The van der Waals surface area contributed by atoms with Crippen molar-refractivity contribution in [2.45, 2.75) is 13.5 Å². The van der Waals surface area contributed by atoms with Crippen molar-refractivity contribution in [3.8, 4) is 11.3 Å². The SMILES string of the molecule is Cc1nccn1CCN1CCN(C(=O)c2cc(-c3ccccc3)on2)CC1. The number of nitrogens with zero attached hydrogens (tertiary/aromatic N) is 5. The first-order valence-electron chi connectivity index (χ1n) is 9.22. The van der Waals surface area contributed by atoms with Gasteiger partial charge in [0.15, 0.2) is 11.5 Å². The van der Waals surface area contributed by atoms with Crippen LogP contribution in [-0.2, 0) is 6.54 Å². The molecular weight excluding hydrogens is 342 g/mol. The summed E-state index contributed by atoms with van der Waals surface area (Å²) in [5.41, 5.74) is 1.29. The van der Waals surface area contributed by atoms with E-state index in [9.17, 15) is 4.79 Å². The van der Waals surface area contributed by atoms with Crippen molar-refractivity contribution in [3.63, 3.8) is 0 Å². The van der Waals surface area contributed by atoms with Gasteiger partial charge in [0.1, 0.15) is 5.82 Å². The van der Waals surface area contributed by atoms with Crippen LogP contribution in [0.4, 0.5) is 0 Å². The lowest BCUT2D eigenvalue weighted by Gasteiger charge is -2.34. The molecule has 0 spiro atoms. The molecule has 0 saturated carbocycles. The zero-order valence-corrected chi connectivity index (χ0v) is 15.4. The van der Waals surface area contributed by atoms with Crippen molar-refractivity contribution in [1.82, 2.24) is 24.5 Å². The highest BCUT2D eigenvalue weighted by Crippen LogP contribution is 2.20. The van der Waals surface area contributed by atoms with Gasteiger partial charge in [0.05, 0.1) is 0 Å². The molecule has 3 aromatic rings. The first-order chi connectivity index (χ1) is 13.2. The maximum absolute atomic E-state index is 12.7. The zero-order chi connectivity index (χ0) is 18.6. The van der Waals surface area contributed by atoms with Gasteiger partial charge in [0, 0.05) is 63.3 Å². The molecule has 7 nitrogen and oxygen atoms in total. The third-order valence-electron chi connectivity index (χ3n) is 5.03. The fourth-order valence-electron chi connectivity index (χ4n) is 3.34. The third-order valence-corrected chi connectivity index (χ3v) is 5.03. The van der Waals surface area contributed by atoms with Gasteiger partial charge in [-0.15, -0.1) is 0 Å². The molecule has 1 aromatic carbocycles. The Morgan fingerprint density at radius 1 is 1.11 bits per heavy atom. The lowest BCUT2D eigenvalue weighted by atomic mass is 10.1. The minimum Gasteiger partial charge on any atom is -0.355 e. The average Bonchev–Trinajstić information content (AvgIpc) is 3.36. The van der Waals surface area contributed by atoms with Crippen LogP contribution in [0.25, 0.3) is 11.3 Å². The van der Waals surface area contributed by atoms with Gasteiger partial charge >= 0.3 is 0 Å². The van der Waals surface area contributed by atoms with Crippen LogP contribution >= 0.6 is 0 Å². The van der Waals surface area contributed by atoms with Crippen LogP contribution in [0.15, 0.2) is 53.3 Å². The number of carbonyl (C=O) groups excluding carboxylic acids is 1. The second kappa shape index (κ2) is 7.75. The van der Waals surface area contributed by atoms with Crippen LogP contribution in [0.3, 0.4) is 0 Å². The molecule has 27 heavy (non-hydrogen) atoms. The molecule has 1 amide bonds. The molecule has 0 unspecified atom stereocenters. The van der Waals surface area contributed by atoms with E-state index >= 15 is 0 Å². The Morgan fingerprint density at radius 3 is 2.59 bits per heavy atom. The van der Waals surface area contributed by atoms with Crippen molar-refractivity contribution in [2.75, 3.05) is 32.7 Å². The van der Waals surface area contributed by atoms with Crippen molar-refractivity contribution in [1.29, 1.82) is 0 Å². The maximum atomic E-state index is 12.7. The lowest BCUT2D eigenvalue weighted by molar-refractivity contribution is 0.0623. The third kappa shape index (κ3) is 3.93. The van der Waals surface area contributed by atoms with E-state index in [0.29, 0.717) is 24.5 Å². The molecule has 0 aliphatic carbocycles. The topological polar surface area (TPSA) is 67.4 Å². The molecular formula is C20H23N5O2. The monoisotopic (exact) mass is 365 g/mol. The van der Waals surface area contributed by atoms with E-state index in [1.807, 2.05) is 54.5 Å². The molecule has 1 aliphatic heterocycles. The molecule has 1 fully saturated rings. The number of imidazole rings is 1. The van der Waals surface area contributed by atoms with Crippen LogP contribution in [0.5, 0.6) is 0 Å². The van der Waals surface area contributed by atoms with E-state index < -0.39 is 0 Å². The summed E-state index contributed by atoms with van der Waals surface area (Å²) in [5.74, 6) is 1.59. The number of carbonyl (C=O) groups is 1. The molecule has 2 aromatic heterocycles. The predicted molar refractivity (Wildman–Crippen MR) is 101 cm³/mol. The zero-order valence-electron chi connectivity index (χ0n) is 15.4. The van der Waals surface area contributed by atoms with E-state index in [1.165, 1.54) is 0 Å². The summed E-state index contributed by atoms with van der Waals surface area (Å²) in [7, 11) is 0. The molecule has 0 radical (unpaired) electrons. The summed E-state index contributed by atoms with van der Waals surface area (Å²) in [5, 5.41) is 3.98. The Morgan fingerprint density at radius 2 is 1.89 bits per heavy atom. The number of aryl methyl sites for hydroxylation is 1. The lowest BCUT2D eigenvalue weighted by Crippen LogP contribution is -2.49. The summed E-state index contributed by atoms with van der Waals surface area (Å²) in [4.78, 5) is 21.2. The number of hydrogen-bond acceptors (Lipinski definition) is 5. The van der Waals surface area contributed by atoms with Crippen LogP contribution in [0.1, 0.15) is 16.3 Å². The molecule has 1 saturated heterocycles. The Hall–Kier alpha value is -2.93. The van der Waals surface area contributed by atoms with Gasteiger partial charge in [-0.3, -0.25) is 9.69 Å². The Balaban J connectivity index is 1.31. The molecule has 0 atom stereocenters. The average molecular weight is 365 g/mol. The Labute approximate surface area is 158 Å². The highest BCUT2D eigenvalue weighted by molar-refractivity contribution is 5.93. The van der Waals surface area contributed by atoms with E-state index in [-0.39, 0.29) is 5.91 Å². The van der Waals surface area contributed by atoms with Crippen molar-refractivity contribution in [2.24, 2.45) is 0 Å². The van der Waals surface area contributed by atoms with E-state index in [2.05, 4.69) is 19.6 Å². The van der Waals surface area contributed by atoms with Crippen LogP contribution in [0.2, 0.25) is 0 Å². The van der Waals surface area contributed by atoms with Gasteiger partial charge in [0.25, 0.3) is 5.91 Å². The molecule has 140 valence electrons. The first-order valence-corrected chi connectivity index (χ1v) is 9.22. The van der Waals surface area contributed by atoms with Gasteiger partial charge in [0.2, 0.25) is 0 Å². The van der Waals surface area contributed by atoms with E-state index in [1.54, 1.807) is 6.07 Å². The molecule has 1 aliphatic rings. The Bertz CT molecular complexity index is 894. The Kier molecular flexibility index (Phi) is 5.02. The molecule has 7 heteroatoms. The van der Waals surface area contributed by atoms with Gasteiger partial charge in [-0.1, -0.05) is 35.5 Å². The number of piperazine rings is 1. The molecule has 4 rings (SSSR count). The summed E-state index contributed by atoms with van der Waals surface area (Å²) >= 11 is 0. The first kappa shape index (κ1) is 17.5.